The zero-order chi connectivity index (χ0) is 15.3. The first kappa shape index (κ1) is 18.7. The van der Waals surface area contributed by atoms with Gasteiger partial charge in [0.2, 0.25) is 5.91 Å². The number of fused-ring (bicyclic) bond motifs is 1. The average molecular weight is 329 g/mol. The molecule has 0 saturated heterocycles. The summed E-state index contributed by atoms with van der Waals surface area (Å²) in [4.78, 5) is 12.0. The first-order valence-corrected chi connectivity index (χ1v) is 7.29. The Bertz CT molecular complexity index is 494. The van der Waals surface area contributed by atoms with Crippen LogP contribution >= 0.6 is 12.4 Å². The lowest BCUT2D eigenvalue weighted by Gasteiger charge is -2.37. The molecule has 0 bridgehead atoms. The summed E-state index contributed by atoms with van der Waals surface area (Å²) in [5, 5.41) is 6.14. The van der Waals surface area contributed by atoms with E-state index in [1.54, 1.807) is 7.11 Å². The number of carbonyl (C=O) groups excluding carboxylic acids is 1. The summed E-state index contributed by atoms with van der Waals surface area (Å²) in [5.74, 6) is 0.843. The van der Waals surface area contributed by atoms with Gasteiger partial charge in [0.1, 0.15) is 11.4 Å². The van der Waals surface area contributed by atoms with Crippen LogP contribution in [0.15, 0.2) is 24.3 Å². The van der Waals surface area contributed by atoms with Crippen LogP contribution in [0.2, 0.25) is 0 Å². The van der Waals surface area contributed by atoms with E-state index in [0.29, 0.717) is 19.7 Å². The fraction of sp³-hybridized carbons (Fsp3) is 0.562. The van der Waals surface area contributed by atoms with Gasteiger partial charge in [0, 0.05) is 25.6 Å². The van der Waals surface area contributed by atoms with Crippen LogP contribution in [0, 0.1) is 0 Å². The smallest absolute Gasteiger partial charge is 0.234 e. The van der Waals surface area contributed by atoms with Gasteiger partial charge in [-0.15, -0.1) is 12.4 Å². The number of hydrogen-bond donors (Lipinski definition) is 2. The minimum Gasteiger partial charge on any atom is -0.487 e. The summed E-state index contributed by atoms with van der Waals surface area (Å²) in [6, 6.07) is 7.86. The Hall–Kier alpha value is -1.30. The Kier molecular flexibility index (Phi) is 7.13. The van der Waals surface area contributed by atoms with Crippen molar-refractivity contribution in [2.45, 2.75) is 31.9 Å². The number of carbonyl (C=O) groups is 1. The molecule has 0 saturated carbocycles. The van der Waals surface area contributed by atoms with Crippen molar-refractivity contribution in [2.24, 2.45) is 0 Å². The highest BCUT2D eigenvalue weighted by atomic mass is 35.5. The molecular weight excluding hydrogens is 304 g/mol. The van der Waals surface area contributed by atoms with E-state index in [1.165, 1.54) is 0 Å². The fourth-order valence-corrected chi connectivity index (χ4v) is 2.55. The molecule has 1 amide bonds. The van der Waals surface area contributed by atoms with E-state index >= 15 is 0 Å². The maximum Gasteiger partial charge on any atom is 0.234 e. The molecule has 1 aliphatic rings. The van der Waals surface area contributed by atoms with E-state index in [-0.39, 0.29) is 30.0 Å². The minimum atomic E-state index is -0.282. The van der Waals surface area contributed by atoms with E-state index in [1.807, 2.05) is 38.1 Å². The zero-order valence-corrected chi connectivity index (χ0v) is 14.2. The van der Waals surface area contributed by atoms with Crippen LogP contribution in [-0.2, 0) is 9.53 Å². The van der Waals surface area contributed by atoms with Crippen LogP contribution in [0.1, 0.15) is 31.9 Å². The molecule has 0 radical (unpaired) electrons. The number of halogens is 1. The Morgan fingerprint density at radius 2 is 2.14 bits per heavy atom. The molecule has 1 unspecified atom stereocenters. The molecule has 1 aliphatic heterocycles. The lowest BCUT2D eigenvalue weighted by atomic mass is 9.89. The van der Waals surface area contributed by atoms with E-state index in [9.17, 15) is 4.79 Å². The fourth-order valence-electron chi connectivity index (χ4n) is 2.55. The SMILES string of the molecule is COCCNCC(=O)NC1CC(C)(C)Oc2ccccc21.Cl. The quantitative estimate of drug-likeness (QED) is 0.785. The van der Waals surface area contributed by atoms with Gasteiger partial charge in [-0.05, 0) is 19.9 Å². The molecule has 0 aliphatic carbocycles. The largest absolute Gasteiger partial charge is 0.487 e. The van der Waals surface area contributed by atoms with Gasteiger partial charge >= 0.3 is 0 Å². The van der Waals surface area contributed by atoms with Gasteiger partial charge in [0.15, 0.2) is 0 Å². The minimum absolute atomic E-state index is 0. The number of ether oxygens (including phenoxy) is 2. The molecule has 1 atom stereocenters. The van der Waals surface area contributed by atoms with E-state index < -0.39 is 0 Å². The zero-order valence-electron chi connectivity index (χ0n) is 13.3. The predicted octanol–water partition coefficient (Wildman–Crippen LogP) is 2.06. The highest BCUT2D eigenvalue weighted by Crippen LogP contribution is 2.39. The second-order valence-corrected chi connectivity index (χ2v) is 5.89. The van der Waals surface area contributed by atoms with Crippen molar-refractivity contribution < 1.29 is 14.3 Å². The second-order valence-electron chi connectivity index (χ2n) is 5.89. The predicted molar refractivity (Wildman–Crippen MR) is 88.6 cm³/mol. The molecule has 0 fully saturated rings. The van der Waals surface area contributed by atoms with E-state index in [2.05, 4.69) is 10.6 Å². The molecule has 1 heterocycles. The highest BCUT2D eigenvalue weighted by Gasteiger charge is 2.34. The van der Waals surface area contributed by atoms with Crippen LogP contribution in [0.5, 0.6) is 5.75 Å². The first-order chi connectivity index (χ1) is 10.0. The summed E-state index contributed by atoms with van der Waals surface area (Å²) >= 11 is 0. The van der Waals surface area contributed by atoms with Gasteiger partial charge in [-0.1, -0.05) is 18.2 Å². The van der Waals surface area contributed by atoms with Crippen LogP contribution in [0.25, 0.3) is 0 Å². The molecule has 124 valence electrons. The Morgan fingerprint density at radius 1 is 1.41 bits per heavy atom. The Morgan fingerprint density at radius 3 is 2.86 bits per heavy atom. The summed E-state index contributed by atoms with van der Waals surface area (Å²) < 4.78 is 10.9. The van der Waals surface area contributed by atoms with Crippen LogP contribution < -0.4 is 15.4 Å². The Balaban J connectivity index is 0.00000242. The summed E-state index contributed by atoms with van der Waals surface area (Å²) in [6.07, 6.45) is 0.758. The molecule has 5 nitrogen and oxygen atoms in total. The molecule has 0 spiro atoms. The molecule has 1 aromatic carbocycles. The van der Waals surface area contributed by atoms with Crippen LogP contribution in [0.4, 0.5) is 0 Å². The maximum absolute atomic E-state index is 12.0. The molecular formula is C16H25ClN2O3. The third-order valence-corrected chi connectivity index (χ3v) is 3.48. The van der Waals surface area contributed by atoms with E-state index in [0.717, 1.165) is 17.7 Å². The van der Waals surface area contributed by atoms with Crippen molar-refractivity contribution in [1.82, 2.24) is 10.6 Å². The number of methoxy groups -OCH3 is 1. The van der Waals surface area contributed by atoms with Gasteiger partial charge in [0.05, 0.1) is 19.2 Å². The number of amides is 1. The number of nitrogens with one attached hydrogen (secondary N) is 2. The van der Waals surface area contributed by atoms with Gasteiger partial charge in [-0.25, -0.2) is 0 Å². The van der Waals surface area contributed by atoms with Crippen molar-refractivity contribution in [1.29, 1.82) is 0 Å². The molecule has 2 N–H and O–H groups in total. The topological polar surface area (TPSA) is 59.6 Å². The Labute approximate surface area is 138 Å². The lowest BCUT2D eigenvalue weighted by molar-refractivity contribution is -0.121. The lowest BCUT2D eigenvalue weighted by Crippen LogP contribution is -2.43. The van der Waals surface area contributed by atoms with Gasteiger partial charge in [-0.3, -0.25) is 4.79 Å². The number of para-hydroxylation sites is 1. The van der Waals surface area contributed by atoms with E-state index in [4.69, 9.17) is 9.47 Å². The van der Waals surface area contributed by atoms with Crippen LogP contribution in [0.3, 0.4) is 0 Å². The standard InChI is InChI=1S/C16H24N2O3.ClH/c1-16(2)10-13(12-6-4-5-7-14(12)21-16)18-15(19)11-17-8-9-20-3;/h4-7,13,17H,8-11H2,1-3H3,(H,18,19);1H. The third-order valence-electron chi connectivity index (χ3n) is 3.48. The van der Waals surface area contributed by atoms with Gasteiger partial charge in [-0.2, -0.15) is 0 Å². The summed E-state index contributed by atoms with van der Waals surface area (Å²) in [5.41, 5.74) is 0.762. The van der Waals surface area contributed by atoms with Crippen molar-refractivity contribution >= 4 is 18.3 Å². The highest BCUT2D eigenvalue weighted by molar-refractivity contribution is 5.85. The second kappa shape index (κ2) is 8.36. The summed E-state index contributed by atoms with van der Waals surface area (Å²) in [7, 11) is 1.64. The van der Waals surface area contributed by atoms with Gasteiger partial charge in [0.25, 0.3) is 0 Å². The monoisotopic (exact) mass is 328 g/mol. The average Bonchev–Trinajstić information content (AvgIpc) is 2.42. The third kappa shape index (κ3) is 5.16. The molecule has 1 aromatic rings. The molecule has 0 aromatic heterocycles. The van der Waals surface area contributed by atoms with Crippen molar-refractivity contribution in [3.05, 3.63) is 29.8 Å². The number of rotatable bonds is 6. The van der Waals surface area contributed by atoms with Crippen molar-refractivity contribution in [2.75, 3.05) is 26.8 Å². The molecule has 22 heavy (non-hydrogen) atoms. The van der Waals surface area contributed by atoms with Crippen molar-refractivity contribution in [3.63, 3.8) is 0 Å². The van der Waals surface area contributed by atoms with Crippen LogP contribution in [-0.4, -0.2) is 38.3 Å². The first-order valence-electron chi connectivity index (χ1n) is 7.29. The van der Waals surface area contributed by atoms with Crippen molar-refractivity contribution in [3.8, 4) is 5.75 Å². The molecule has 6 heteroatoms. The number of benzene rings is 1. The summed E-state index contributed by atoms with van der Waals surface area (Å²) in [6.45, 7) is 5.64. The molecule has 2 rings (SSSR count). The maximum atomic E-state index is 12.0. The van der Waals surface area contributed by atoms with Gasteiger partial charge < -0.3 is 20.1 Å². The number of hydrogen-bond acceptors (Lipinski definition) is 4. The normalized spacial score (nSPS) is 18.6.